The van der Waals surface area contributed by atoms with Gasteiger partial charge in [-0.05, 0) is 43.1 Å². The van der Waals surface area contributed by atoms with Gasteiger partial charge in [-0.2, -0.15) is 0 Å². The number of aliphatic hydroxyl groups is 1. The summed E-state index contributed by atoms with van der Waals surface area (Å²) in [7, 11) is 0. The zero-order chi connectivity index (χ0) is 14.3. The molecule has 0 bridgehead atoms. The van der Waals surface area contributed by atoms with E-state index in [1.165, 1.54) is 5.56 Å². The van der Waals surface area contributed by atoms with E-state index in [0.717, 1.165) is 23.3 Å². The van der Waals surface area contributed by atoms with Crippen LogP contribution >= 0.6 is 15.9 Å². The van der Waals surface area contributed by atoms with E-state index in [9.17, 15) is 5.11 Å². The molecule has 1 atom stereocenters. The van der Waals surface area contributed by atoms with Crippen LogP contribution in [0.15, 0.2) is 22.7 Å². The molecule has 1 rings (SSSR count). The van der Waals surface area contributed by atoms with Crippen molar-refractivity contribution >= 4 is 15.9 Å². The van der Waals surface area contributed by atoms with E-state index < -0.39 is 0 Å². The highest BCUT2D eigenvalue weighted by Gasteiger charge is 2.04. The van der Waals surface area contributed by atoms with Crippen molar-refractivity contribution < 1.29 is 9.84 Å². The number of hydrogen-bond donors (Lipinski definition) is 2. The minimum absolute atomic E-state index is 0.317. The fraction of sp³-hybridized carbons (Fsp3) is 0.600. The molecule has 3 nitrogen and oxygen atoms in total. The molecule has 2 N–H and O–H groups in total. The summed E-state index contributed by atoms with van der Waals surface area (Å²) in [6, 6.07) is 5.99. The highest BCUT2D eigenvalue weighted by molar-refractivity contribution is 9.10. The first-order valence-electron chi connectivity index (χ1n) is 6.79. The molecule has 19 heavy (non-hydrogen) atoms. The average molecular weight is 330 g/mol. The van der Waals surface area contributed by atoms with Crippen LogP contribution in [0.4, 0.5) is 0 Å². The lowest BCUT2D eigenvalue weighted by molar-refractivity contribution is 0.155. The standard InChI is InChI=1S/C15H24BrNO2/c1-11(2)9-17-10-13-8-14(4-5-15(13)16)19-7-6-12(3)18/h4-5,8,11-12,17-18H,6-7,9-10H2,1-3H3. The second-order valence-corrected chi connectivity index (χ2v) is 6.12. The normalized spacial score (nSPS) is 12.7. The van der Waals surface area contributed by atoms with Crippen molar-refractivity contribution in [3.63, 3.8) is 0 Å². The Morgan fingerprint density at radius 1 is 1.32 bits per heavy atom. The third kappa shape index (κ3) is 6.95. The maximum atomic E-state index is 9.20. The van der Waals surface area contributed by atoms with Gasteiger partial charge in [0.05, 0.1) is 12.7 Å². The van der Waals surface area contributed by atoms with Gasteiger partial charge in [-0.25, -0.2) is 0 Å². The predicted octanol–water partition coefficient (Wildman–Crippen LogP) is 3.34. The summed E-state index contributed by atoms with van der Waals surface area (Å²) in [5.74, 6) is 1.49. The van der Waals surface area contributed by atoms with Crippen molar-refractivity contribution in [1.29, 1.82) is 0 Å². The summed E-state index contributed by atoms with van der Waals surface area (Å²) >= 11 is 3.55. The largest absolute Gasteiger partial charge is 0.493 e. The molecular formula is C15H24BrNO2. The van der Waals surface area contributed by atoms with Gasteiger partial charge in [0, 0.05) is 17.4 Å². The predicted molar refractivity (Wildman–Crippen MR) is 82.5 cm³/mol. The molecule has 0 saturated carbocycles. The van der Waals surface area contributed by atoms with Crippen LogP contribution in [0, 0.1) is 5.92 Å². The van der Waals surface area contributed by atoms with Crippen molar-refractivity contribution in [3.05, 3.63) is 28.2 Å². The number of benzene rings is 1. The Morgan fingerprint density at radius 2 is 2.05 bits per heavy atom. The number of aliphatic hydroxyl groups excluding tert-OH is 1. The summed E-state index contributed by atoms with van der Waals surface area (Å²) in [6.07, 6.45) is 0.333. The molecule has 1 unspecified atom stereocenters. The monoisotopic (exact) mass is 329 g/mol. The van der Waals surface area contributed by atoms with Crippen molar-refractivity contribution in [3.8, 4) is 5.75 Å². The van der Waals surface area contributed by atoms with Crippen molar-refractivity contribution in [2.24, 2.45) is 5.92 Å². The van der Waals surface area contributed by atoms with Gasteiger partial charge in [0.1, 0.15) is 5.75 Å². The second-order valence-electron chi connectivity index (χ2n) is 5.26. The Hall–Kier alpha value is -0.580. The molecule has 0 aliphatic carbocycles. The number of nitrogens with one attached hydrogen (secondary N) is 1. The average Bonchev–Trinajstić information content (AvgIpc) is 2.32. The molecule has 108 valence electrons. The number of rotatable bonds is 8. The molecule has 1 aromatic rings. The van der Waals surface area contributed by atoms with Crippen LogP contribution < -0.4 is 10.1 Å². The fourth-order valence-corrected chi connectivity index (χ4v) is 2.01. The Kier molecular flexibility index (Phi) is 7.42. The van der Waals surface area contributed by atoms with Gasteiger partial charge in [0.2, 0.25) is 0 Å². The lowest BCUT2D eigenvalue weighted by atomic mass is 10.2. The molecule has 0 spiro atoms. The van der Waals surface area contributed by atoms with E-state index in [4.69, 9.17) is 4.74 Å². The van der Waals surface area contributed by atoms with Gasteiger partial charge < -0.3 is 15.2 Å². The third-order valence-electron chi connectivity index (χ3n) is 2.69. The molecule has 0 aliphatic rings. The molecule has 0 amide bonds. The topological polar surface area (TPSA) is 41.5 Å². The van der Waals surface area contributed by atoms with E-state index in [0.29, 0.717) is 18.9 Å². The summed E-state index contributed by atoms with van der Waals surface area (Å²) in [4.78, 5) is 0. The maximum absolute atomic E-state index is 9.20. The van der Waals surface area contributed by atoms with Gasteiger partial charge in [0.15, 0.2) is 0 Å². The third-order valence-corrected chi connectivity index (χ3v) is 3.46. The smallest absolute Gasteiger partial charge is 0.119 e. The zero-order valence-electron chi connectivity index (χ0n) is 11.9. The van der Waals surface area contributed by atoms with Gasteiger partial charge in [0.25, 0.3) is 0 Å². The molecule has 0 fully saturated rings. The summed E-state index contributed by atoms with van der Waals surface area (Å²) in [5, 5.41) is 12.6. The lowest BCUT2D eigenvalue weighted by Gasteiger charge is -2.12. The quantitative estimate of drug-likeness (QED) is 0.768. The van der Waals surface area contributed by atoms with Crippen LogP contribution in [0.2, 0.25) is 0 Å². The van der Waals surface area contributed by atoms with E-state index in [1.54, 1.807) is 6.92 Å². The number of hydrogen-bond acceptors (Lipinski definition) is 3. The first-order valence-corrected chi connectivity index (χ1v) is 7.58. The lowest BCUT2D eigenvalue weighted by Crippen LogP contribution is -2.19. The van der Waals surface area contributed by atoms with Gasteiger partial charge >= 0.3 is 0 Å². The first kappa shape index (κ1) is 16.5. The van der Waals surface area contributed by atoms with Crippen LogP contribution in [0.25, 0.3) is 0 Å². The Labute approximate surface area is 124 Å². The highest BCUT2D eigenvalue weighted by atomic mass is 79.9. The van der Waals surface area contributed by atoms with E-state index in [-0.39, 0.29) is 6.10 Å². The molecule has 0 aliphatic heterocycles. The Balaban J connectivity index is 2.51. The van der Waals surface area contributed by atoms with Crippen molar-refractivity contribution in [2.75, 3.05) is 13.2 Å². The van der Waals surface area contributed by atoms with Crippen LogP contribution in [0.3, 0.4) is 0 Å². The van der Waals surface area contributed by atoms with Gasteiger partial charge in [-0.15, -0.1) is 0 Å². The van der Waals surface area contributed by atoms with Crippen LogP contribution in [-0.2, 0) is 6.54 Å². The van der Waals surface area contributed by atoms with Crippen LogP contribution in [-0.4, -0.2) is 24.4 Å². The molecule has 0 saturated heterocycles. The van der Waals surface area contributed by atoms with E-state index in [1.807, 2.05) is 18.2 Å². The van der Waals surface area contributed by atoms with Gasteiger partial charge in [-0.1, -0.05) is 29.8 Å². The number of ether oxygens (including phenoxy) is 1. The molecule has 0 aromatic heterocycles. The van der Waals surface area contributed by atoms with E-state index >= 15 is 0 Å². The first-order chi connectivity index (χ1) is 8.99. The van der Waals surface area contributed by atoms with Crippen LogP contribution in [0.5, 0.6) is 5.75 Å². The minimum atomic E-state index is -0.317. The van der Waals surface area contributed by atoms with Crippen LogP contribution in [0.1, 0.15) is 32.8 Å². The molecule has 1 aromatic carbocycles. The maximum Gasteiger partial charge on any atom is 0.119 e. The molecule has 4 heteroatoms. The fourth-order valence-electron chi connectivity index (χ4n) is 1.62. The SMILES string of the molecule is CC(C)CNCc1cc(OCCC(C)O)ccc1Br. The summed E-state index contributed by atoms with van der Waals surface area (Å²) < 4.78 is 6.72. The van der Waals surface area contributed by atoms with Crippen molar-refractivity contribution in [1.82, 2.24) is 5.32 Å². The number of halogens is 1. The molecule has 0 radical (unpaired) electrons. The van der Waals surface area contributed by atoms with E-state index in [2.05, 4.69) is 35.1 Å². The summed E-state index contributed by atoms with van der Waals surface area (Å²) in [6.45, 7) is 8.52. The summed E-state index contributed by atoms with van der Waals surface area (Å²) in [5.41, 5.74) is 1.19. The highest BCUT2D eigenvalue weighted by Crippen LogP contribution is 2.22. The molecule has 0 heterocycles. The zero-order valence-corrected chi connectivity index (χ0v) is 13.5. The van der Waals surface area contributed by atoms with Gasteiger partial charge in [-0.3, -0.25) is 0 Å². The Bertz CT molecular complexity index is 380. The Morgan fingerprint density at radius 3 is 2.68 bits per heavy atom. The second kappa shape index (κ2) is 8.56. The molecular weight excluding hydrogens is 306 g/mol. The minimum Gasteiger partial charge on any atom is -0.493 e. The van der Waals surface area contributed by atoms with Crippen molar-refractivity contribution in [2.45, 2.75) is 39.8 Å².